The molecule has 4 aromatic heterocycles. The smallest absolute Gasteiger partial charge is 0.138 e. The average Bonchev–Trinajstić information content (AvgIpc) is 3.12. The molecule has 0 aliphatic carbocycles. The number of nitrogens with zero attached hydrogens (tertiary/aromatic N) is 4. The predicted octanol–water partition coefficient (Wildman–Crippen LogP) is 4.24. The Kier molecular flexibility index (Phi) is 3.03. The number of imidazole rings is 1. The van der Waals surface area contributed by atoms with Crippen molar-refractivity contribution in [2.75, 3.05) is 0 Å². The quantitative estimate of drug-likeness (QED) is 0.528. The van der Waals surface area contributed by atoms with Gasteiger partial charge in [-0.1, -0.05) is 0 Å². The summed E-state index contributed by atoms with van der Waals surface area (Å²) in [6.45, 7) is 0. The zero-order valence-electron chi connectivity index (χ0n) is 13.2. The molecule has 0 atom stereocenters. The normalized spacial score (nSPS) is 11.2. The number of pyridine rings is 3. The van der Waals surface area contributed by atoms with Crippen molar-refractivity contribution in [3.63, 3.8) is 0 Å². The molecule has 25 heavy (non-hydrogen) atoms. The highest BCUT2D eigenvalue weighted by atomic mass is 14.9. The molecule has 1 N–H and O–H groups in total. The Labute approximate surface area is 143 Å². The van der Waals surface area contributed by atoms with E-state index in [0.717, 1.165) is 44.5 Å². The van der Waals surface area contributed by atoms with Crippen molar-refractivity contribution in [3.05, 3.63) is 73.4 Å². The SMILES string of the molecule is c1cc(-c2ccnc3ccc(-c4nc5cnccc5[nH]4)cc23)ccn1. The number of aromatic nitrogens is 5. The van der Waals surface area contributed by atoms with Crippen molar-refractivity contribution in [1.82, 2.24) is 24.9 Å². The minimum absolute atomic E-state index is 0.828. The zero-order valence-corrected chi connectivity index (χ0v) is 13.2. The Morgan fingerprint density at radius 2 is 1.60 bits per heavy atom. The largest absolute Gasteiger partial charge is 0.338 e. The van der Waals surface area contributed by atoms with Gasteiger partial charge in [-0.2, -0.15) is 0 Å². The van der Waals surface area contributed by atoms with Gasteiger partial charge in [0.25, 0.3) is 0 Å². The van der Waals surface area contributed by atoms with E-state index in [4.69, 9.17) is 0 Å². The summed E-state index contributed by atoms with van der Waals surface area (Å²) >= 11 is 0. The van der Waals surface area contributed by atoms with Crippen LogP contribution in [0.2, 0.25) is 0 Å². The maximum Gasteiger partial charge on any atom is 0.138 e. The molecular formula is C20H13N5. The van der Waals surface area contributed by atoms with E-state index in [-0.39, 0.29) is 0 Å². The van der Waals surface area contributed by atoms with E-state index in [1.807, 2.05) is 42.6 Å². The molecule has 0 aliphatic heterocycles. The maximum absolute atomic E-state index is 4.64. The number of benzene rings is 1. The van der Waals surface area contributed by atoms with Crippen LogP contribution in [0.15, 0.2) is 73.4 Å². The molecular weight excluding hydrogens is 310 g/mol. The molecule has 118 valence electrons. The zero-order chi connectivity index (χ0) is 16.6. The summed E-state index contributed by atoms with van der Waals surface area (Å²) in [7, 11) is 0. The number of H-pyrrole nitrogens is 1. The molecule has 0 amide bonds. The fourth-order valence-electron chi connectivity index (χ4n) is 3.07. The minimum atomic E-state index is 0.828. The van der Waals surface area contributed by atoms with E-state index >= 15 is 0 Å². The van der Waals surface area contributed by atoms with Gasteiger partial charge in [-0.15, -0.1) is 0 Å². The standard InChI is InChI=1S/C20H13N5/c1-2-17-16(15(5-10-23-17)13-3-7-21-8-4-13)11-14(1)20-24-18-6-9-22-12-19(18)25-20/h1-12H,(H,24,25). The average molecular weight is 323 g/mol. The summed E-state index contributed by atoms with van der Waals surface area (Å²) in [6, 6.07) is 14.2. The van der Waals surface area contributed by atoms with E-state index in [1.54, 1.807) is 24.8 Å². The second kappa shape index (κ2) is 5.49. The van der Waals surface area contributed by atoms with E-state index in [1.165, 1.54) is 0 Å². The molecule has 5 nitrogen and oxygen atoms in total. The van der Waals surface area contributed by atoms with Gasteiger partial charge in [0.05, 0.1) is 17.2 Å². The summed E-state index contributed by atoms with van der Waals surface area (Å²) in [4.78, 5) is 20.7. The lowest BCUT2D eigenvalue weighted by atomic mass is 10.0. The molecule has 0 saturated heterocycles. The van der Waals surface area contributed by atoms with Crippen LogP contribution in [-0.4, -0.2) is 24.9 Å². The van der Waals surface area contributed by atoms with Gasteiger partial charge >= 0.3 is 0 Å². The van der Waals surface area contributed by atoms with Crippen LogP contribution in [0.4, 0.5) is 0 Å². The molecule has 1 aromatic carbocycles. The van der Waals surface area contributed by atoms with Crippen molar-refractivity contribution in [1.29, 1.82) is 0 Å². The molecule has 0 spiro atoms. The van der Waals surface area contributed by atoms with Gasteiger partial charge in [0.15, 0.2) is 0 Å². The van der Waals surface area contributed by atoms with Crippen molar-refractivity contribution < 1.29 is 0 Å². The second-order valence-corrected chi connectivity index (χ2v) is 5.80. The van der Waals surface area contributed by atoms with Gasteiger partial charge in [0.2, 0.25) is 0 Å². The van der Waals surface area contributed by atoms with Crippen molar-refractivity contribution >= 4 is 21.9 Å². The van der Waals surface area contributed by atoms with Crippen LogP contribution >= 0.6 is 0 Å². The number of aromatic amines is 1. The fourth-order valence-corrected chi connectivity index (χ4v) is 3.07. The summed E-state index contributed by atoms with van der Waals surface area (Å²) < 4.78 is 0. The molecule has 0 radical (unpaired) electrons. The third-order valence-electron chi connectivity index (χ3n) is 4.29. The van der Waals surface area contributed by atoms with Crippen LogP contribution < -0.4 is 0 Å². The monoisotopic (exact) mass is 323 g/mol. The first kappa shape index (κ1) is 13.8. The number of fused-ring (bicyclic) bond motifs is 2. The highest BCUT2D eigenvalue weighted by Gasteiger charge is 2.09. The third-order valence-corrected chi connectivity index (χ3v) is 4.29. The molecule has 4 heterocycles. The summed E-state index contributed by atoms with van der Waals surface area (Å²) in [5.41, 5.74) is 6.06. The molecule has 0 aliphatic rings. The van der Waals surface area contributed by atoms with Crippen LogP contribution in [-0.2, 0) is 0 Å². The first-order valence-electron chi connectivity index (χ1n) is 7.98. The minimum Gasteiger partial charge on any atom is -0.338 e. The lowest BCUT2D eigenvalue weighted by Crippen LogP contribution is -1.87. The number of rotatable bonds is 2. The van der Waals surface area contributed by atoms with E-state index < -0.39 is 0 Å². The van der Waals surface area contributed by atoms with Gasteiger partial charge in [-0.3, -0.25) is 15.0 Å². The van der Waals surface area contributed by atoms with Crippen molar-refractivity contribution in [2.24, 2.45) is 0 Å². The highest BCUT2D eigenvalue weighted by molar-refractivity contribution is 5.96. The van der Waals surface area contributed by atoms with Crippen molar-refractivity contribution in [3.8, 4) is 22.5 Å². The van der Waals surface area contributed by atoms with Gasteiger partial charge < -0.3 is 4.98 Å². The van der Waals surface area contributed by atoms with Gasteiger partial charge in [-0.05, 0) is 53.6 Å². The Balaban J connectivity index is 1.73. The summed E-state index contributed by atoms with van der Waals surface area (Å²) in [6.07, 6.45) is 8.97. The van der Waals surface area contributed by atoms with Crippen LogP contribution in [0, 0.1) is 0 Å². The molecule has 5 heteroatoms. The van der Waals surface area contributed by atoms with E-state index in [0.29, 0.717) is 0 Å². The predicted molar refractivity (Wildman–Crippen MR) is 97.9 cm³/mol. The Morgan fingerprint density at radius 1 is 0.720 bits per heavy atom. The summed E-state index contributed by atoms with van der Waals surface area (Å²) in [5.74, 6) is 0.828. The van der Waals surface area contributed by atoms with Gasteiger partial charge in [0.1, 0.15) is 11.3 Å². The molecule has 0 saturated carbocycles. The summed E-state index contributed by atoms with van der Waals surface area (Å²) in [5, 5.41) is 1.09. The third kappa shape index (κ3) is 2.33. The number of hydrogen-bond acceptors (Lipinski definition) is 4. The topological polar surface area (TPSA) is 67.3 Å². The van der Waals surface area contributed by atoms with Crippen molar-refractivity contribution in [2.45, 2.75) is 0 Å². The molecule has 0 unspecified atom stereocenters. The van der Waals surface area contributed by atoms with Crippen LogP contribution in [0.25, 0.3) is 44.5 Å². The highest BCUT2D eigenvalue weighted by Crippen LogP contribution is 2.30. The molecule has 5 aromatic rings. The van der Waals surface area contributed by atoms with Crippen LogP contribution in [0.5, 0.6) is 0 Å². The van der Waals surface area contributed by atoms with Gasteiger partial charge in [0, 0.05) is 35.7 Å². The van der Waals surface area contributed by atoms with E-state index in [9.17, 15) is 0 Å². The van der Waals surface area contributed by atoms with Gasteiger partial charge in [-0.25, -0.2) is 4.98 Å². The Hall–Kier alpha value is -3.60. The van der Waals surface area contributed by atoms with Crippen LogP contribution in [0.3, 0.4) is 0 Å². The first-order valence-corrected chi connectivity index (χ1v) is 7.98. The van der Waals surface area contributed by atoms with Crippen LogP contribution in [0.1, 0.15) is 0 Å². The Bertz CT molecular complexity index is 1160. The molecule has 0 fully saturated rings. The lowest BCUT2D eigenvalue weighted by molar-refractivity contribution is 1.32. The molecule has 5 rings (SSSR count). The number of hydrogen-bond donors (Lipinski definition) is 1. The lowest BCUT2D eigenvalue weighted by Gasteiger charge is -2.07. The second-order valence-electron chi connectivity index (χ2n) is 5.80. The Morgan fingerprint density at radius 3 is 2.48 bits per heavy atom. The number of nitrogens with one attached hydrogen (secondary N) is 1. The van der Waals surface area contributed by atoms with E-state index in [2.05, 4.69) is 31.0 Å². The maximum atomic E-state index is 4.64. The first-order chi connectivity index (χ1) is 12.4. The fraction of sp³-hybridized carbons (Fsp3) is 0. The molecule has 0 bridgehead atoms.